The van der Waals surface area contributed by atoms with Crippen molar-refractivity contribution in [3.63, 3.8) is 0 Å². The van der Waals surface area contributed by atoms with Gasteiger partial charge in [0, 0.05) is 19.0 Å². The van der Waals surface area contributed by atoms with E-state index in [0.717, 1.165) is 32.2 Å². The number of nitrogens with zero attached hydrogens (tertiary/aromatic N) is 1. The largest absolute Gasteiger partial charge is 0.368 e. The Labute approximate surface area is 108 Å². The minimum Gasteiger partial charge on any atom is -0.368 e. The fraction of sp³-hybridized carbons (Fsp3) is 0.846. The van der Waals surface area contributed by atoms with Crippen molar-refractivity contribution in [1.82, 2.24) is 10.2 Å². The molecule has 0 radical (unpaired) electrons. The number of nitrogens with one attached hydrogen (secondary N) is 1. The number of carbonyl (C=O) groups excluding carboxylic acids is 2. The number of piperidine rings is 2. The summed E-state index contributed by atoms with van der Waals surface area (Å²) in [6.45, 7) is 1.68. The zero-order chi connectivity index (χ0) is 13.0. The van der Waals surface area contributed by atoms with Gasteiger partial charge in [0.05, 0.1) is 0 Å². The fourth-order valence-electron chi connectivity index (χ4n) is 2.95. The van der Waals surface area contributed by atoms with Gasteiger partial charge in [0.1, 0.15) is 6.04 Å². The van der Waals surface area contributed by atoms with E-state index in [-0.39, 0.29) is 23.9 Å². The zero-order valence-electron chi connectivity index (χ0n) is 10.9. The van der Waals surface area contributed by atoms with Crippen LogP contribution in [0.2, 0.25) is 0 Å². The number of amides is 2. The first kappa shape index (κ1) is 13.3. The summed E-state index contributed by atoms with van der Waals surface area (Å²) in [4.78, 5) is 25.3. The number of likely N-dealkylation sites (tertiary alicyclic amines) is 1. The monoisotopic (exact) mass is 253 g/mol. The Hall–Kier alpha value is -1.10. The number of primary amides is 1. The maximum Gasteiger partial charge on any atom is 0.240 e. The van der Waals surface area contributed by atoms with Crippen molar-refractivity contribution in [2.24, 2.45) is 5.73 Å². The van der Waals surface area contributed by atoms with Gasteiger partial charge in [-0.1, -0.05) is 6.42 Å². The topological polar surface area (TPSA) is 75.4 Å². The third kappa shape index (κ3) is 3.22. The number of rotatable bonds is 3. The van der Waals surface area contributed by atoms with Crippen LogP contribution in [0.1, 0.15) is 44.9 Å². The minimum atomic E-state index is -0.380. The first-order valence-corrected chi connectivity index (χ1v) is 7.00. The second-order valence-electron chi connectivity index (χ2n) is 5.35. The Morgan fingerprint density at radius 1 is 1.17 bits per heavy atom. The predicted octanol–water partition coefficient (Wildman–Crippen LogP) is 0.385. The Bertz CT molecular complexity index is 313. The molecule has 2 saturated heterocycles. The van der Waals surface area contributed by atoms with Crippen LogP contribution in [0.3, 0.4) is 0 Å². The molecule has 0 aromatic heterocycles. The molecule has 5 heteroatoms. The molecule has 0 aliphatic carbocycles. The van der Waals surface area contributed by atoms with Gasteiger partial charge in [-0.2, -0.15) is 0 Å². The van der Waals surface area contributed by atoms with Gasteiger partial charge in [-0.3, -0.25) is 9.59 Å². The van der Waals surface area contributed by atoms with Crippen molar-refractivity contribution in [2.75, 3.05) is 13.1 Å². The van der Waals surface area contributed by atoms with Crippen molar-refractivity contribution in [3.8, 4) is 0 Å². The van der Waals surface area contributed by atoms with Crippen LogP contribution >= 0.6 is 0 Å². The quantitative estimate of drug-likeness (QED) is 0.763. The molecule has 0 aromatic carbocycles. The maximum atomic E-state index is 12.3. The third-order valence-electron chi connectivity index (χ3n) is 3.98. The van der Waals surface area contributed by atoms with Crippen LogP contribution in [0.4, 0.5) is 0 Å². The molecule has 2 unspecified atom stereocenters. The van der Waals surface area contributed by atoms with E-state index >= 15 is 0 Å². The van der Waals surface area contributed by atoms with E-state index in [0.29, 0.717) is 13.0 Å². The molecule has 0 bridgehead atoms. The lowest BCUT2D eigenvalue weighted by Gasteiger charge is -2.35. The van der Waals surface area contributed by atoms with Gasteiger partial charge in [0.2, 0.25) is 11.8 Å². The van der Waals surface area contributed by atoms with Gasteiger partial charge in [0.15, 0.2) is 0 Å². The molecule has 18 heavy (non-hydrogen) atoms. The SMILES string of the molecule is NC(=O)C1CCCCN1C(=O)CC1CCCCN1. The van der Waals surface area contributed by atoms with E-state index in [9.17, 15) is 9.59 Å². The molecule has 2 atom stereocenters. The molecule has 2 rings (SSSR count). The van der Waals surface area contributed by atoms with Crippen molar-refractivity contribution < 1.29 is 9.59 Å². The van der Waals surface area contributed by atoms with Crippen LogP contribution in [-0.2, 0) is 9.59 Å². The first-order valence-electron chi connectivity index (χ1n) is 7.00. The highest BCUT2D eigenvalue weighted by atomic mass is 16.2. The van der Waals surface area contributed by atoms with Gasteiger partial charge in [0.25, 0.3) is 0 Å². The fourth-order valence-corrected chi connectivity index (χ4v) is 2.95. The molecule has 0 aromatic rings. The van der Waals surface area contributed by atoms with E-state index < -0.39 is 0 Å². The zero-order valence-corrected chi connectivity index (χ0v) is 10.9. The van der Waals surface area contributed by atoms with E-state index in [1.807, 2.05) is 0 Å². The van der Waals surface area contributed by atoms with Crippen LogP contribution in [0.5, 0.6) is 0 Å². The summed E-state index contributed by atoms with van der Waals surface area (Å²) >= 11 is 0. The van der Waals surface area contributed by atoms with Crippen molar-refractivity contribution >= 4 is 11.8 Å². The van der Waals surface area contributed by atoms with E-state index in [2.05, 4.69) is 5.32 Å². The van der Waals surface area contributed by atoms with Crippen molar-refractivity contribution in [3.05, 3.63) is 0 Å². The van der Waals surface area contributed by atoms with E-state index in [1.165, 1.54) is 12.8 Å². The lowest BCUT2D eigenvalue weighted by atomic mass is 9.98. The number of hydrogen-bond donors (Lipinski definition) is 2. The van der Waals surface area contributed by atoms with Gasteiger partial charge in [-0.15, -0.1) is 0 Å². The molecule has 102 valence electrons. The second kappa shape index (κ2) is 6.18. The smallest absolute Gasteiger partial charge is 0.240 e. The van der Waals surface area contributed by atoms with Gasteiger partial charge in [-0.05, 0) is 38.6 Å². The lowest BCUT2D eigenvalue weighted by molar-refractivity contribution is -0.141. The van der Waals surface area contributed by atoms with Crippen LogP contribution in [0.25, 0.3) is 0 Å². The van der Waals surface area contributed by atoms with E-state index in [1.54, 1.807) is 4.90 Å². The third-order valence-corrected chi connectivity index (χ3v) is 3.98. The molecule has 2 amide bonds. The molecule has 0 saturated carbocycles. The Balaban J connectivity index is 1.91. The van der Waals surface area contributed by atoms with Gasteiger partial charge >= 0.3 is 0 Å². The summed E-state index contributed by atoms with van der Waals surface area (Å²) in [5.74, 6) is -0.280. The molecule has 0 spiro atoms. The Morgan fingerprint density at radius 3 is 2.61 bits per heavy atom. The summed E-state index contributed by atoms with van der Waals surface area (Å²) in [6, 6.07) is -0.100. The predicted molar refractivity (Wildman–Crippen MR) is 68.8 cm³/mol. The molecule has 2 fully saturated rings. The normalized spacial score (nSPS) is 29.0. The summed E-state index contributed by atoms with van der Waals surface area (Å²) in [5.41, 5.74) is 5.38. The molecule has 2 aliphatic rings. The average molecular weight is 253 g/mol. The van der Waals surface area contributed by atoms with Crippen LogP contribution in [0.15, 0.2) is 0 Å². The molecule has 3 N–H and O–H groups in total. The standard InChI is InChI=1S/C13H23N3O2/c14-13(18)11-6-2-4-8-16(11)12(17)9-10-5-1-3-7-15-10/h10-11,15H,1-9H2,(H2,14,18). The maximum absolute atomic E-state index is 12.3. The first-order chi connectivity index (χ1) is 8.68. The number of nitrogens with two attached hydrogens (primary N) is 1. The number of hydrogen-bond acceptors (Lipinski definition) is 3. The minimum absolute atomic E-state index is 0.0814. The Morgan fingerprint density at radius 2 is 1.94 bits per heavy atom. The average Bonchev–Trinajstić information content (AvgIpc) is 2.40. The summed E-state index contributed by atoms with van der Waals surface area (Å²) in [5, 5.41) is 3.37. The molecule has 5 nitrogen and oxygen atoms in total. The number of carbonyl (C=O) groups is 2. The Kier molecular flexibility index (Phi) is 4.58. The summed E-state index contributed by atoms with van der Waals surface area (Å²) in [6.07, 6.45) is 6.62. The van der Waals surface area contributed by atoms with Gasteiger partial charge in [-0.25, -0.2) is 0 Å². The van der Waals surface area contributed by atoms with Crippen LogP contribution in [-0.4, -0.2) is 41.9 Å². The summed E-state index contributed by atoms with van der Waals surface area (Å²) in [7, 11) is 0. The molecule has 2 aliphatic heterocycles. The van der Waals surface area contributed by atoms with Crippen molar-refractivity contribution in [1.29, 1.82) is 0 Å². The lowest BCUT2D eigenvalue weighted by Crippen LogP contribution is -2.52. The second-order valence-corrected chi connectivity index (χ2v) is 5.35. The van der Waals surface area contributed by atoms with E-state index in [4.69, 9.17) is 5.73 Å². The molecular weight excluding hydrogens is 230 g/mol. The molecular formula is C13H23N3O2. The highest BCUT2D eigenvalue weighted by Crippen LogP contribution is 2.19. The molecule has 2 heterocycles. The van der Waals surface area contributed by atoms with Crippen molar-refractivity contribution in [2.45, 2.75) is 57.0 Å². The highest BCUT2D eigenvalue weighted by molar-refractivity contribution is 5.87. The van der Waals surface area contributed by atoms with Gasteiger partial charge < -0.3 is 16.0 Å². The van der Waals surface area contributed by atoms with Crippen LogP contribution in [0, 0.1) is 0 Å². The summed E-state index contributed by atoms with van der Waals surface area (Å²) < 4.78 is 0. The van der Waals surface area contributed by atoms with Crippen LogP contribution < -0.4 is 11.1 Å². The highest BCUT2D eigenvalue weighted by Gasteiger charge is 2.31.